The van der Waals surface area contributed by atoms with Crippen LogP contribution in [0.15, 0.2) is 68.1 Å². The molecule has 4 aromatic rings. The average Bonchev–Trinajstić information content (AvgIpc) is 0.785. The lowest BCUT2D eigenvalue weighted by molar-refractivity contribution is -0.142. The first-order chi connectivity index (χ1) is 45.7. The van der Waals surface area contributed by atoms with E-state index >= 15 is 0 Å². The second-order valence-corrected chi connectivity index (χ2v) is 39.9. The van der Waals surface area contributed by atoms with Crippen LogP contribution in [0.25, 0.3) is 0 Å². The van der Waals surface area contributed by atoms with Gasteiger partial charge in [-0.05, 0) is 182 Å². The summed E-state index contributed by atoms with van der Waals surface area (Å²) in [5.74, 6) is -2.49. The summed E-state index contributed by atoms with van der Waals surface area (Å²) < 4.78 is 23.2. The molecule has 0 unspecified atom stereocenters. The second kappa shape index (κ2) is 38.0. The summed E-state index contributed by atoms with van der Waals surface area (Å²) in [5, 5.41) is 36.2. The Morgan fingerprint density at radius 2 is 0.500 bits per heavy atom. The molecule has 0 fully saturated rings. The highest BCUT2D eigenvalue weighted by Crippen LogP contribution is 2.53. The van der Waals surface area contributed by atoms with E-state index in [1.54, 1.807) is 47.0 Å². The number of hydrogen-bond acceptors (Lipinski definition) is 16. The van der Waals surface area contributed by atoms with Crippen molar-refractivity contribution in [3.05, 3.63) is 93.0 Å². The van der Waals surface area contributed by atoms with Crippen molar-refractivity contribution in [2.24, 2.45) is 23.7 Å². The first-order valence-electron chi connectivity index (χ1n) is 34.9. The van der Waals surface area contributed by atoms with Gasteiger partial charge in [0.25, 0.3) is 0 Å². The van der Waals surface area contributed by atoms with E-state index in [1.165, 1.54) is 0 Å². The predicted molar refractivity (Wildman–Crippen MR) is 406 cm³/mol. The standard InChI is InChI=1S/C41H60O8S2.C39H56O8S2/c1-25(2)19-27-21-29(22-28(20-26(3)4)37(27)48-35(46)17-13-15-33(42)43)50-41(11,12)51-30-23-31(39(5,6)7)38(32(24-30)40(8,9)10)49-36(47)18-14-16-34(44)45;1-23(2)17-25-19-27(20-26(18-24(3)4)35(25)46-33(44)15-13-31(40)41)48-39(11,12)49-28-21-29(37(5,6)7)36(30(22-28)38(8,9)10)47-34(45)16-14-32(42)43/h21-26H,13-20H2,1-12H3,(H,42,43)(H,44,45);19-24H,13-18H2,1-12H3,(H,40,41)(H,42,43). The molecule has 0 amide bonds. The third-order valence-electron chi connectivity index (χ3n) is 15.2. The molecule has 16 nitrogen and oxygen atoms in total. The molecule has 0 aliphatic rings. The van der Waals surface area contributed by atoms with Gasteiger partial charge in [-0.3, -0.25) is 38.4 Å². The Hall–Kier alpha value is -5.96. The lowest BCUT2D eigenvalue weighted by atomic mass is 9.79. The van der Waals surface area contributed by atoms with E-state index in [-0.39, 0.29) is 94.0 Å². The Morgan fingerprint density at radius 1 is 0.300 bits per heavy atom. The summed E-state index contributed by atoms with van der Waals surface area (Å²) in [5.41, 5.74) is 5.95. The molecule has 0 atom stereocenters. The van der Waals surface area contributed by atoms with Crippen LogP contribution < -0.4 is 18.9 Å². The molecule has 0 aliphatic carbocycles. The van der Waals surface area contributed by atoms with E-state index < -0.39 is 47.8 Å². The molecular weight excluding hydrogens is 1350 g/mol. The van der Waals surface area contributed by atoms with Crippen LogP contribution in [0, 0.1) is 23.7 Å². The summed E-state index contributed by atoms with van der Waals surface area (Å²) in [7, 11) is 0. The minimum Gasteiger partial charge on any atom is -0.481 e. The molecule has 0 aliphatic heterocycles. The molecule has 0 bridgehead atoms. The number of carbonyl (C=O) groups is 8. The SMILES string of the molecule is CC(C)Cc1cc(SC(C)(C)Sc2cc(C(C)(C)C)c(OC(=O)CCC(=O)O)c(C(C)(C)C)c2)cc(CC(C)C)c1OC(=O)CCC(=O)O.CC(C)Cc1cc(SC(C)(C)Sc2cc(C(C)(C)C)c(OC(=O)CCCC(=O)O)c(C(C)(C)C)c2)cc(CC(C)C)c1OC(=O)CCCC(=O)O. The molecule has 0 saturated carbocycles. The fourth-order valence-electron chi connectivity index (χ4n) is 11.0. The first kappa shape index (κ1) is 88.3. The highest BCUT2D eigenvalue weighted by molar-refractivity contribution is 8.18. The lowest BCUT2D eigenvalue weighted by Crippen LogP contribution is -2.22. The van der Waals surface area contributed by atoms with Crippen molar-refractivity contribution < 1.29 is 77.7 Å². The van der Waals surface area contributed by atoms with Crippen LogP contribution in [0.4, 0.5) is 0 Å². The zero-order chi connectivity index (χ0) is 76.4. The third-order valence-corrected chi connectivity index (χ3v) is 20.1. The minimum absolute atomic E-state index is 0.0277. The topological polar surface area (TPSA) is 254 Å². The number of carbonyl (C=O) groups excluding carboxylic acids is 4. The number of aliphatic carboxylic acids is 4. The lowest BCUT2D eigenvalue weighted by Gasteiger charge is -2.31. The fraction of sp³-hybridized carbons (Fsp3) is 0.600. The van der Waals surface area contributed by atoms with Gasteiger partial charge in [-0.1, -0.05) is 138 Å². The van der Waals surface area contributed by atoms with Crippen LogP contribution in [0.5, 0.6) is 23.0 Å². The summed E-state index contributed by atoms with van der Waals surface area (Å²) in [6, 6.07) is 16.8. The monoisotopic (exact) mass is 1460 g/mol. The highest BCUT2D eigenvalue weighted by atomic mass is 32.2. The van der Waals surface area contributed by atoms with Crippen LogP contribution >= 0.6 is 47.0 Å². The van der Waals surface area contributed by atoms with Crippen molar-refractivity contribution in [1.29, 1.82) is 0 Å². The average molecular weight is 1460 g/mol. The smallest absolute Gasteiger partial charge is 0.311 e. The van der Waals surface area contributed by atoms with E-state index in [1.807, 2.05) is 0 Å². The van der Waals surface area contributed by atoms with Gasteiger partial charge in [0.05, 0.1) is 33.8 Å². The van der Waals surface area contributed by atoms with E-state index in [0.717, 1.165) is 76.9 Å². The number of benzene rings is 4. The van der Waals surface area contributed by atoms with Crippen molar-refractivity contribution in [2.45, 2.75) is 305 Å². The maximum Gasteiger partial charge on any atom is 0.311 e. The Kier molecular flexibility index (Phi) is 33.5. The normalized spacial score (nSPS) is 12.4. The van der Waals surface area contributed by atoms with E-state index in [9.17, 15) is 38.4 Å². The van der Waals surface area contributed by atoms with Gasteiger partial charge < -0.3 is 39.4 Å². The van der Waals surface area contributed by atoms with Crippen LogP contribution in [-0.2, 0) is 85.7 Å². The molecule has 4 rings (SSSR count). The first-order valence-corrected chi connectivity index (χ1v) is 38.2. The van der Waals surface area contributed by atoms with E-state index in [4.69, 9.17) is 39.4 Å². The predicted octanol–water partition coefficient (Wildman–Crippen LogP) is 20.5. The molecule has 4 N–H and O–H groups in total. The van der Waals surface area contributed by atoms with E-state index in [0.29, 0.717) is 59.5 Å². The Bertz CT molecular complexity index is 3380. The minimum atomic E-state index is -1.05. The Morgan fingerprint density at radius 3 is 0.700 bits per heavy atom. The van der Waals surface area contributed by atoms with Crippen molar-refractivity contribution in [3.8, 4) is 23.0 Å². The molecule has 0 spiro atoms. The zero-order valence-electron chi connectivity index (χ0n) is 64.1. The van der Waals surface area contributed by atoms with Crippen LogP contribution in [0.1, 0.15) is 275 Å². The molecular formula is C80H116O16S4. The third kappa shape index (κ3) is 31.3. The van der Waals surface area contributed by atoms with Crippen LogP contribution in [-0.4, -0.2) is 76.3 Å². The van der Waals surface area contributed by atoms with Crippen molar-refractivity contribution in [1.82, 2.24) is 0 Å². The molecule has 0 saturated heterocycles. The molecule has 20 heteroatoms. The van der Waals surface area contributed by atoms with Gasteiger partial charge in [-0.15, -0.1) is 47.0 Å². The number of hydrogen-bond donors (Lipinski definition) is 4. The zero-order valence-corrected chi connectivity index (χ0v) is 67.4. The number of esters is 4. The summed E-state index contributed by atoms with van der Waals surface area (Å²) in [6.07, 6.45) is 2.25. The van der Waals surface area contributed by atoms with Crippen LogP contribution in [0.3, 0.4) is 0 Å². The van der Waals surface area contributed by atoms with Gasteiger partial charge in [0.1, 0.15) is 23.0 Å². The number of carboxylic acids is 4. The maximum atomic E-state index is 12.9. The number of thioether (sulfide) groups is 4. The summed E-state index contributed by atoms with van der Waals surface area (Å²) in [4.78, 5) is 99.6. The molecule has 0 radical (unpaired) electrons. The van der Waals surface area contributed by atoms with E-state index in [2.05, 4.69) is 215 Å². The fourth-order valence-corrected chi connectivity index (χ4v) is 16.3. The van der Waals surface area contributed by atoms with Gasteiger partial charge in [-0.2, -0.15) is 0 Å². The summed E-state index contributed by atoms with van der Waals surface area (Å²) in [6.45, 7) is 50.7. The van der Waals surface area contributed by atoms with Gasteiger partial charge in [-0.25, -0.2) is 0 Å². The van der Waals surface area contributed by atoms with Gasteiger partial charge in [0.2, 0.25) is 0 Å². The molecule has 100 heavy (non-hydrogen) atoms. The molecule has 4 aromatic carbocycles. The van der Waals surface area contributed by atoms with Gasteiger partial charge in [0.15, 0.2) is 0 Å². The van der Waals surface area contributed by atoms with Gasteiger partial charge >= 0.3 is 47.8 Å². The van der Waals surface area contributed by atoms with Crippen molar-refractivity contribution >= 4 is 94.8 Å². The maximum absolute atomic E-state index is 12.9. The molecule has 0 aromatic heterocycles. The number of rotatable bonds is 34. The van der Waals surface area contributed by atoms with Crippen molar-refractivity contribution in [2.75, 3.05) is 0 Å². The Labute approximate surface area is 613 Å². The summed E-state index contributed by atoms with van der Waals surface area (Å²) >= 11 is 6.91. The Balaban J connectivity index is 0.000000521. The number of ether oxygens (including phenoxy) is 4. The molecule has 556 valence electrons. The highest BCUT2D eigenvalue weighted by Gasteiger charge is 2.35. The largest absolute Gasteiger partial charge is 0.481 e. The second-order valence-electron chi connectivity index (χ2n) is 32.6. The molecule has 0 heterocycles. The number of carboxylic acid groups (broad SMARTS) is 4. The van der Waals surface area contributed by atoms with Crippen molar-refractivity contribution in [3.63, 3.8) is 0 Å². The quantitative estimate of drug-likeness (QED) is 0.0147. The van der Waals surface area contributed by atoms with Crippen LogP contribution in [0.2, 0.25) is 0 Å². The van der Waals surface area contributed by atoms with Gasteiger partial charge in [0, 0.05) is 67.5 Å².